The van der Waals surface area contributed by atoms with Crippen LogP contribution in [0.1, 0.15) is 26.7 Å². The van der Waals surface area contributed by atoms with E-state index in [2.05, 4.69) is 24.1 Å². The van der Waals surface area contributed by atoms with E-state index in [0.717, 1.165) is 32.8 Å². The van der Waals surface area contributed by atoms with Gasteiger partial charge in [-0.1, -0.05) is 0 Å². The first-order valence-corrected chi connectivity index (χ1v) is 6.75. The van der Waals surface area contributed by atoms with Crippen molar-refractivity contribution in [2.24, 2.45) is 0 Å². The van der Waals surface area contributed by atoms with Crippen molar-refractivity contribution in [1.29, 1.82) is 0 Å². The van der Waals surface area contributed by atoms with Crippen LogP contribution in [0.15, 0.2) is 0 Å². The summed E-state index contributed by atoms with van der Waals surface area (Å²) in [5.74, 6) is 0. The van der Waals surface area contributed by atoms with Crippen molar-refractivity contribution in [2.75, 3.05) is 39.8 Å². The Morgan fingerprint density at radius 1 is 1.29 bits per heavy atom. The molecular weight excluding hydrogens is 216 g/mol. The van der Waals surface area contributed by atoms with Gasteiger partial charge in [0.15, 0.2) is 0 Å². The van der Waals surface area contributed by atoms with E-state index in [1.54, 1.807) is 0 Å². The zero-order valence-electron chi connectivity index (χ0n) is 11.4. The monoisotopic (exact) mass is 242 g/mol. The number of likely N-dealkylation sites (N-methyl/N-ethyl adjacent to an activating group) is 1. The van der Waals surface area contributed by atoms with E-state index >= 15 is 0 Å². The average molecular weight is 242 g/mol. The second-order valence-corrected chi connectivity index (χ2v) is 5.86. The van der Waals surface area contributed by atoms with Crippen LogP contribution >= 0.6 is 0 Å². The van der Waals surface area contributed by atoms with Crippen LogP contribution in [0.3, 0.4) is 0 Å². The van der Waals surface area contributed by atoms with Gasteiger partial charge in [0.2, 0.25) is 0 Å². The molecule has 0 aromatic rings. The Morgan fingerprint density at radius 2 is 2.06 bits per heavy atom. The number of nitrogens with zero attached hydrogens (tertiary/aromatic N) is 1. The molecule has 2 saturated heterocycles. The first kappa shape index (κ1) is 13.3. The van der Waals surface area contributed by atoms with Crippen LogP contribution in [0.25, 0.3) is 0 Å². The molecule has 2 aliphatic rings. The summed E-state index contributed by atoms with van der Waals surface area (Å²) >= 11 is 0. The van der Waals surface area contributed by atoms with Crippen LogP contribution in [-0.4, -0.2) is 62.5 Å². The van der Waals surface area contributed by atoms with Gasteiger partial charge < -0.3 is 14.8 Å². The van der Waals surface area contributed by atoms with Crippen LogP contribution in [-0.2, 0) is 9.47 Å². The molecule has 2 fully saturated rings. The molecule has 100 valence electrons. The van der Waals surface area contributed by atoms with Gasteiger partial charge in [-0.15, -0.1) is 0 Å². The Balaban J connectivity index is 1.74. The van der Waals surface area contributed by atoms with Gasteiger partial charge in [-0.05, 0) is 33.7 Å². The number of rotatable bonds is 4. The van der Waals surface area contributed by atoms with Gasteiger partial charge in [0, 0.05) is 26.2 Å². The van der Waals surface area contributed by atoms with Gasteiger partial charge in [0.1, 0.15) is 0 Å². The minimum absolute atomic E-state index is 0.00122. The normalized spacial score (nSPS) is 34.1. The summed E-state index contributed by atoms with van der Waals surface area (Å²) < 4.78 is 11.8. The standard InChI is InChI=1S/C13H26N2O2/c1-13(2)10-15(6-7-16-13)9-12-5-4-11(17-12)8-14-3/h11-12,14H,4-10H2,1-3H3. The van der Waals surface area contributed by atoms with E-state index in [4.69, 9.17) is 9.47 Å². The average Bonchev–Trinajstić information content (AvgIpc) is 2.64. The summed E-state index contributed by atoms with van der Waals surface area (Å²) in [6.45, 7) is 9.28. The Morgan fingerprint density at radius 3 is 2.76 bits per heavy atom. The summed E-state index contributed by atoms with van der Waals surface area (Å²) in [6.07, 6.45) is 3.23. The lowest BCUT2D eigenvalue weighted by Gasteiger charge is -2.39. The van der Waals surface area contributed by atoms with Crippen LogP contribution in [0.4, 0.5) is 0 Å². The number of morpholine rings is 1. The molecule has 0 aromatic heterocycles. The molecule has 0 amide bonds. The number of hydrogen-bond donors (Lipinski definition) is 1. The Labute approximate surface area is 105 Å². The first-order chi connectivity index (χ1) is 8.09. The van der Waals surface area contributed by atoms with Crippen molar-refractivity contribution >= 4 is 0 Å². The fraction of sp³-hybridized carbons (Fsp3) is 1.00. The van der Waals surface area contributed by atoms with Gasteiger partial charge in [-0.3, -0.25) is 4.90 Å². The lowest BCUT2D eigenvalue weighted by Crippen LogP contribution is -2.50. The molecule has 2 rings (SSSR count). The summed E-state index contributed by atoms with van der Waals surface area (Å²) in [4.78, 5) is 2.48. The largest absolute Gasteiger partial charge is 0.373 e. The minimum atomic E-state index is 0.00122. The number of ether oxygens (including phenoxy) is 2. The molecule has 17 heavy (non-hydrogen) atoms. The van der Waals surface area contributed by atoms with Gasteiger partial charge in [-0.25, -0.2) is 0 Å². The Kier molecular flexibility index (Phi) is 4.42. The molecule has 2 atom stereocenters. The molecule has 2 heterocycles. The summed E-state index contributed by atoms with van der Waals surface area (Å²) in [7, 11) is 1.99. The quantitative estimate of drug-likeness (QED) is 0.793. The number of nitrogens with one attached hydrogen (secondary N) is 1. The maximum atomic E-state index is 6.03. The van der Waals surface area contributed by atoms with Crippen molar-refractivity contribution in [3.05, 3.63) is 0 Å². The third-order valence-corrected chi connectivity index (χ3v) is 3.59. The molecule has 1 N–H and O–H groups in total. The lowest BCUT2D eigenvalue weighted by molar-refractivity contribution is -0.0964. The van der Waals surface area contributed by atoms with Crippen molar-refractivity contribution in [3.63, 3.8) is 0 Å². The molecule has 0 spiro atoms. The smallest absolute Gasteiger partial charge is 0.0753 e. The molecule has 4 nitrogen and oxygen atoms in total. The summed E-state index contributed by atoms with van der Waals surface area (Å²) in [5.41, 5.74) is 0.00122. The highest BCUT2D eigenvalue weighted by Crippen LogP contribution is 2.22. The molecule has 2 unspecified atom stereocenters. The van der Waals surface area contributed by atoms with E-state index in [1.165, 1.54) is 12.8 Å². The molecule has 0 aliphatic carbocycles. The highest BCUT2D eigenvalue weighted by molar-refractivity contribution is 4.83. The van der Waals surface area contributed by atoms with Gasteiger partial charge in [0.25, 0.3) is 0 Å². The highest BCUT2D eigenvalue weighted by atomic mass is 16.5. The zero-order valence-corrected chi connectivity index (χ0v) is 11.4. The van der Waals surface area contributed by atoms with Crippen LogP contribution < -0.4 is 5.32 Å². The van der Waals surface area contributed by atoms with Crippen LogP contribution in [0.2, 0.25) is 0 Å². The molecule has 2 aliphatic heterocycles. The second kappa shape index (κ2) is 5.65. The maximum Gasteiger partial charge on any atom is 0.0753 e. The summed E-state index contributed by atoms with van der Waals surface area (Å²) in [5, 5.41) is 3.19. The van der Waals surface area contributed by atoms with E-state index in [0.29, 0.717) is 12.2 Å². The lowest BCUT2D eigenvalue weighted by atomic mass is 10.1. The van der Waals surface area contributed by atoms with Gasteiger partial charge >= 0.3 is 0 Å². The van der Waals surface area contributed by atoms with E-state index in [9.17, 15) is 0 Å². The predicted molar refractivity (Wildman–Crippen MR) is 68.3 cm³/mol. The summed E-state index contributed by atoms with van der Waals surface area (Å²) in [6, 6.07) is 0. The van der Waals surface area contributed by atoms with Gasteiger partial charge in [0.05, 0.1) is 24.4 Å². The fourth-order valence-electron chi connectivity index (χ4n) is 2.85. The molecule has 0 saturated carbocycles. The predicted octanol–water partition coefficient (Wildman–Crippen LogP) is 0.864. The van der Waals surface area contributed by atoms with E-state index in [-0.39, 0.29) is 5.60 Å². The van der Waals surface area contributed by atoms with Crippen LogP contribution in [0, 0.1) is 0 Å². The van der Waals surface area contributed by atoms with Crippen LogP contribution in [0.5, 0.6) is 0 Å². The Bertz CT molecular complexity index is 246. The van der Waals surface area contributed by atoms with Crippen molar-refractivity contribution in [2.45, 2.75) is 44.5 Å². The number of hydrogen-bond acceptors (Lipinski definition) is 4. The van der Waals surface area contributed by atoms with E-state index in [1.807, 2.05) is 7.05 Å². The van der Waals surface area contributed by atoms with Crippen molar-refractivity contribution in [3.8, 4) is 0 Å². The molecule has 0 aromatic carbocycles. The second-order valence-electron chi connectivity index (χ2n) is 5.86. The molecular formula is C13H26N2O2. The maximum absolute atomic E-state index is 6.03. The molecule has 4 heteroatoms. The first-order valence-electron chi connectivity index (χ1n) is 6.75. The zero-order chi connectivity index (χ0) is 12.3. The third-order valence-electron chi connectivity index (χ3n) is 3.59. The third kappa shape index (κ3) is 3.91. The van der Waals surface area contributed by atoms with Gasteiger partial charge in [-0.2, -0.15) is 0 Å². The van der Waals surface area contributed by atoms with E-state index < -0.39 is 0 Å². The topological polar surface area (TPSA) is 33.7 Å². The Hall–Kier alpha value is -0.160. The SMILES string of the molecule is CNCC1CCC(CN2CCOC(C)(C)C2)O1. The highest BCUT2D eigenvalue weighted by Gasteiger charge is 2.31. The fourth-order valence-corrected chi connectivity index (χ4v) is 2.85. The van der Waals surface area contributed by atoms with Crippen molar-refractivity contribution in [1.82, 2.24) is 10.2 Å². The molecule has 0 radical (unpaired) electrons. The molecule has 0 bridgehead atoms. The minimum Gasteiger partial charge on any atom is -0.373 e. The van der Waals surface area contributed by atoms with Crippen molar-refractivity contribution < 1.29 is 9.47 Å².